The number of aldehydes is 1. The van der Waals surface area contributed by atoms with Crippen LogP contribution in [0.2, 0.25) is 5.02 Å². The zero-order chi connectivity index (χ0) is 32.6. The van der Waals surface area contributed by atoms with E-state index in [2.05, 4.69) is 10.6 Å². The van der Waals surface area contributed by atoms with Crippen molar-refractivity contribution in [1.82, 2.24) is 10.3 Å². The molecule has 0 spiro atoms. The van der Waals surface area contributed by atoms with E-state index in [1.54, 1.807) is 19.9 Å². The third kappa shape index (κ3) is 7.18. The highest BCUT2D eigenvalue weighted by Gasteiger charge is 2.38. The van der Waals surface area contributed by atoms with E-state index in [0.29, 0.717) is 51.4 Å². The Bertz CT molecular complexity index is 1740. The fourth-order valence-electron chi connectivity index (χ4n) is 6.49. The predicted octanol–water partition coefficient (Wildman–Crippen LogP) is 7.21. The number of rotatable bonds is 12. The maximum Gasteiger partial charge on any atom is 0.336 e. The van der Waals surface area contributed by atoms with Crippen LogP contribution in [0.4, 0.5) is 5.69 Å². The first-order valence-electron chi connectivity index (χ1n) is 15.8. The average molecular weight is 642 g/mol. The van der Waals surface area contributed by atoms with Gasteiger partial charge in [-0.1, -0.05) is 41.9 Å². The summed E-state index contributed by atoms with van der Waals surface area (Å²) in [6, 6.07) is 13.3. The fourth-order valence-corrected chi connectivity index (χ4v) is 6.65. The number of pyridine rings is 1. The van der Waals surface area contributed by atoms with Crippen LogP contribution >= 0.6 is 11.6 Å². The molecule has 0 amide bonds. The number of aryl methyl sites for hydroxylation is 1. The van der Waals surface area contributed by atoms with Crippen LogP contribution in [0.15, 0.2) is 71.1 Å². The molecule has 0 saturated heterocycles. The lowest BCUT2D eigenvalue weighted by Gasteiger charge is -2.31. The quantitative estimate of drug-likeness (QED) is 0.0925. The molecule has 46 heavy (non-hydrogen) atoms. The van der Waals surface area contributed by atoms with Crippen LogP contribution in [0.1, 0.15) is 74.3 Å². The van der Waals surface area contributed by atoms with Crippen LogP contribution in [0, 0.1) is 0 Å². The van der Waals surface area contributed by atoms with E-state index in [1.807, 2.05) is 42.5 Å². The number of carbonyl (C=O) groups excluding carboxylic acids is 3. The summed E-state index contributed by atoms with van der Waals surface area (Å²) in [4.78, 5) is 42.6. The Hall–Kier alpha value is -4.43. The van der Waals surface area contributed by atoms with E-state index in [0.717, 1.165) is 61.7 Å². The molecule has 2 N–H and O–H groups in total. The Balaban J connectivity index is 1.24. The number of nitrogens with one attached hydrogen (secondary N) is 2. The molecule has 3 aromatic rings. The number of dihydropyridines is 1. The first kappa shape index (κ1) is 32.9. The number of halogens is 1. The summed E-state index contributed by atoms with van der Waals surface area (Å²) < 4.78 is 10.9. The molecule has 5 rings (SSSR count). The van der Waals surface area contributed by atoms with E-state index in [-0.39, 0.29) is 6.61 Å². The van der Waals surface area contributed by atoms with Gasteiger partial charge in [0.1, 0.15) is 6.29 Å². The number of nitrogens with zero attached hydrogens (tertiary/aromatic N) is 1. The minimum Gasteiger partial charge on any atom is -0.466 e. The van der Waals surface area contributed by atoms with Gasteiger partial charge < -0.3 is 20.1 Å². The molecule has 240 valence electrons. The summed E-state index contributed by atoms with van der Waals surface area (Å²) in [6.07, 6.45) is 10.5. The van der Waals surface area contributed by atoms with Crippen molar-refractivity contribution < 1.29 is 23.9 Å². The van der Waals surface area contributed by atoms with Crippen LogP contribution in [0.5, 0.6) is 0 Å². The molecule has 1 unspecified atom stereocenters. The normalized spacial score (nSPS) is 16.3. The minimum absolute atomic E-state index is 0.247. The SMILES string of the molecule is COC(=O)C1=C(C)NC(C)=C(C(=O)OCCCCCNc2c3c(nc4cc(Cl)ccc24)CCCC3)C1c1ccccc1/C=C/C=O. The summed E-state index contributed by atoms with van der Waals surface area (Å²) in [5, 5.41) is 8.63. The lowest BCUT2D eigenvalue weighted by Crippen LogP contribution is -2.32. The van der Waals surface area contributed by atoms with Crippen molar-refractivity contribution in [2.75, 3.05) is 25.6 Å². The third-order valence-corrected chi connectivity index (χ3v) is 8.86. The molecule has 0 radical (unpaired) electrons. The highest BCUT2D eigenvalue weighted by atomic mass is 35.5. The molecule has 0 saturated carbocycles. The highest BCUT2D eigenvalue weighted by Crippen LogP contribution is 2.41. The number of anilines is 1. The fraction of sp³-hybridized carbons (Fsp3) is 0.351. The van der Waals surface area contributed by atoms with Crippen LogP contribution in [0.3, 0.4) is 0 Å². The second-order valence-electron chi connectivity index (χ2n) is 11.7. The van der Waals surface area contributed by atoms with Crippen LogP contribution in [-0.2, 0) is 36.7 Å². The number of hydrogen-bond acceptors (Lipinski definition) is 8. The predicted molar refractivity (Wildman–Crippen MR) is 182 cm³/mol. The van der Waals surface area contributed by atoms with E-state index in [9.17, 15) is 14.4 Å². The lowest BCUT2D eigenvalue weighted by atomic mass is 9.78. The maximum atomic E-state index is 13.6. The number of aromatic nitrogens is 1. The molecule has 8 nitrogen and oxygen atoms in total. The van der Waals surface area contributed by atoms with Crippen molar-refractivity contribution >= 4 is 52.5 Å². The van der Waals surface area contributed by atoms with Gasteiger partial charge in [0, 0.05) is 39.7 Å². The minimum atomic E-state index is -0.728. The van der Waals surface area contributed by atoms with E-state index in [1.165, 1.54) is 24.4 Å². The highest BCUT2D eigenvalue weighted by molar-refractivity contribution is 6.31. The van der Waals surface area contributed by atoms with Crippen LogP contribution in [-0.4, -0.2) is 43.5 Å². The average Bonchev–Trinajstić information content (AvgIpc) is 3.05. The van der Waals surface area contributed by atoms with Crippen molar-refractivity contribution in [1.29, 1.82) is 0 Å². The Morgan fingerprint density at radius 2 is 1.78 bits per heavy atom. The largest absolute Gasteiger partial charge is 0.466 e. The third-order valence-electron chi connectivity index (χ3n) is 8.63. The second kappa shape index (κ2) is 15.2. The molecule has 1 atom stereocenters. The van der Waals surface area contributed by atoms with Gasteiger partial charge in [-0.25, -0.2) is 9.59 Å². The van der Waals surface area contributed by atoms with Gasteiger partial charge in [0.25, 0.3) is 0 Å². The molecule has 0 fully saturated rings. The number of fused-ring (bicyclic) bond motifs is 2. The van der Waals surface area contributed by atoms with E-state index >= 15 is 0 Å². The van der Waals surface area contributed by atoms with Gasteiger partial charge >= 0.3 is 11.9 Å². The Labute approximate surface area is 274 Å². The van der Waals surface area contributed by atoms with Gasteiger partial charge in [-0.3, -0.25) is 9.78 Å². The maximum absolute atomic E-state index is 13.6. The molecular weight excluding hydrogens is 602 g/mol. The number of benzene rings is 2. The smallest absolute Gasteiger partial charge is 0.336 e. The number of hydrogen-bond donors (Lipinski definition) is 2. The van der Waals surface area contributed by atoms with Crippen molar-refractivity contribution in [3.8, 4) is 0 Å². The van der Waals surface area contributed by atoms with Gasteiger partial charge in [-0.05, 0) is 99.8 Å². The van der Waals surface area contributed by atoms with Gasteiger partial charge in [-0.15, -0.1) is 0 Å². The van der Waals surface area contributed by atoms with Gasteiger partial charge in [-0.2, -0.15) is 0 Å². The topological polar surface area (TPSA) is 107 Å². The number of ether oxygens (including phenoxy) is 2. The zero-order valence-electron chi connectivity index (χ0n) is 26.6. The molecule has 1 aromatic heterocycles. The molecule has 2 heterocycles. The number of esters is 2. The number of allylic oxidation sites excluding steroid dienone is 3. The summed E-state index contributed by atoms with van der Waals surface area (Å²) in [7, 11) is 1.32. The molecule has 9 heteroatoms. The van der Waals surface area contributed by atoms with Crippen molar-refractivity contribution in [3.63, 3.8) is 0 Å². The van der Waals surface area contributed by atoms with Crippen LogP contribution < -0.4 is 10.6 Å². The second-order valence-corrected chi connectivity index (χ2v) is 12.1. The van der Waals surface area contributed by atoms with Crippen LogP contribution in [0.25, 0.3) is 17.0 Å². The first-order chi connectivity index (χ1) is 22.3. The monoisotopic (exact) mass is 641 g/mol. The zero-order valence-corrected chi connectivity index (χ0v) is 27.3. The van der Waals surface area contributed by atoms with Crippen molar-refractivity contribution in [3.05, 3.63) is 98.5 Å². The summed E-state index contributed by atoms with van der Waals surface area (Å²) >= 11 is 6.27. The van der Waals surface area contributed by atoms with E-state index in [4.69, 9.17) is 26.1 Å². The molecule has 2 aliphatic rings. The molecule has 1 aliphatic heterocycles. The Morgan fingerprint density at radius 3 is 2.57 bits per heavy atom. The van der Waals surface area contributed by atoms with Gasteiger partial charge in [0.2, 0.25) is 0 Å². The molecule has 2 aromatic carbocycles. The summed E-state index contributed by atoms with van der Waals surface area (Å²) in [6.45, 7) is 4.61. The number of unbranched alkanes of at least 4 members (excludes halogenated alkanes) is 2. The molecular formula is C37H40ClN3O5. The van der Waals surface area contributed by atoms with Crippen molar-refractivity contribution in [2.24, 2.45) is 0 Å². The standard InChI is InChI=1S/C37H40ClN3O5/c1-23-32(36(43)45-3)34(27-14-6-5-12-25(27)13-11-20-42)33(24(2)40-23)37(44)46-21-10-4-9-19-39-35-28-15-7-8-16-30(28)41-31-22-26(38)17-18-29(31)35/h5-6,11-14,17-18,20,22,34,40H,4,7-10,15-16,19,21H2,1-3H3,(H,39,41)/b13-11+. The van der Waals surface area contributed by atoms with Crippen molar-refractivity contribution in [2.45, 2.75) is 64.7 Å². The van der Waals surface area contributed by atoms with Gasteiger partial charge in [0.15, 0.2) is 0 Å². The van der Waals surface area contributed by atoms with E-state index < -0.39 is 17.9 Å². The first-order valence-corrected chi connectivity index (χ1v) is 16.2. The summed E-state index contributed by atoms with van der Waals surface area (Å²) in [5.41, 5.74) is 7.85. The number of methoxy groups -OCH3 is 1. The lowest BCUT2D eigenvalue weighted by molar-refractivity contribution is -0.139. The number of carbonyl (C=O) groups is 3. The van der Waals surface area contributed by atoms with Gasteiger partial charge in [0.05, 0.1) is 36.3 Å². The Morgan fingerprint density at radius 1 is 1.02 bits per heavy atom. The molecule has 0 bridgehead atoms. The summed E-state index contributed by atoms with van der Waals surface area (Å²) in [5.74, 6) is -1.76. The Kier molecular flexibility index (Phi) is 10.9. The molecule has 1 aliphatic carbocycles.